The number of hydrogen-bond acceptors (Lipinski definition) is 0. The molecule has 0 radical (unpaired) electrons. The Morgan fingerprint density at radius 2 is 0.871 bits per heavy atom. The number of hydrogen-bond donors (Lipinski definition) is 0. The molecule has 4 heteroatoms. The van der Waals surface area contributed by atoms with Crippen molar-refractivity contribution in [2.75, 3.05) is 0 Å². The minimum atomic E-state index is -0.612. The summed E-state index contributed by atoms with van der Waals surface area (Å²) in [5.41, 5.74) is 3.26. The van der Waals surface area contributed by atoms with Gasteiger partial charge in [0.15, 0.2) is 0 Å². The fraction of sp³-hybridized carbons (Fsp3) is 0.333. The summed E-state index contributed by atoms with van der Waals surface area (Å²) in [5.74, 6) is -2.43. The van der Waals surface area contributed by atoms with Gasteiger partial charge in [0.25, 0.3) is 0 Å². The molecule has 0 saturated carbocycles. The van der Waals surface area contributed by atoms with Gasteiger partial charge in [0, 0.05) is 11.1 Å². The second-order valence-electron chi connectivity index (χ2n) is 8.00. The van der Waals surface area contributed by atoms with Crippen LogP contribution in [-0.2, 0) is 38.5 Å². The number of aryl methyl sites for hydroxylation is 4. The first kappa shape index (κ1) is 23.1. The molecule has 0 nitrogen and oxygen atoms in total. The van der Waals surface area contributed by atoms with E-state index in [1.165, 1.54) is 29.8 Å². The van der Waals surface area contributed by atoms with E-state index in [2.05, 4.69) is 6.92 Å². The summed E-state index contributed by atoms with van der Waals surface area (Å²) in [5, 5.41) is 0. The zero-order valence-electron chi connectivity index (χ0n) is 18.1. The summed E-state index contributed by atoms with van der Waals surface area (Å²) in [6.45, 7) is 4.02. The van der Waals surface area contributed by atoms with Crippen LogP contribution in [0.3, 0.4) is 0 Å². The van der Waals surface area contributed by atoms with Crippen molar-refractivity contribution in [2.45, 2.75) is 58.8 Å². The Balaban J connectivity index is 1.67. The third-order valence-corrected chi connectivity index (χ3v) is 5.70. The van der Waals surface area contributed by atoms with Crippen LogP contribution >= 0.6 is 0 Å². The van der Waals surface area contributed by atoms with Crippen LogP contribution in [0, 0.1) is 23.3 Å². The van der Waals surface area contributed by atoms with Crippen LogP contribution in [-0.4, -0.2) is 0 Å². The van der Waals surface area contributed by atoms with Gasteiger partial charge >= 0.3 is 0 Å². The van der Waals surface area contributed by atoms with Crippen molar-refractivity contribution in [1.82, 2.24) is 0 Å². The molecule has 0 aromatic heterocycles. The maximum absolute atomic E-state index is 14.6. The quantitative estimate of drug-likeness (QED) is 0.313. The normalized spacial score (nSPS) is 11.2. The van der Waals surface area contributed by atoms with E-state index in [-0.39, 0.29) is 30.4 Å². The molecule has 164 valence electrons. The van der Waals surface area contributed by atoms with Crippen molar-refractivity contribution < 1.29 is 17.6 Å². The SMILES string of the molecule is CCCc1cc(F)c(CCc2cc(F)c(CCc3ccc(CC)cc3)c(F)c2)c(F)c1. The summed E-state index contributed by atoms with van der Waals surface area (Å²) in [4.78, 5) is 0. The van der Waals surface area contributed by atoms with E-state index in [9.17, 15) is 17.6 Å². The zero-order valence-corrected chi connectivity index (χ0v) is 18.1. The van der Waals surface area contributed by atoms with Crippen LogP contribution in [0.1, 0.15) is 53.6 Å². The molecule has 0 bridgehead atoms. The van der Waals surface area contributed by atoms with Crippen molar-refractivity contribution in [3.8, 4) is 0 Å². The van der Waals surface area contributed by atoms with Crippen molar-refractivity contribution in [3.05, 3.63) is 105 Å². The molecule has 31 heavy (non-hydrogen) atoms. The lowest BCUT2D eigenvalue weighted by Gasteiger charge is -2.11. The van der Waals surface area contributed by atoms with Crippen LogP contribution < -0.4 is 0 Å². The van der Waals surface area contributed by atoms with Crippen LogP contribution in [0.2, 0.25) is 0 Å². The summed E-state index contributed by atoms with van der Waals surface area (Å²) >= 11 is 0. The topological polar surface area (TPSA) is 0 Å². The van der Waals surface area contributed by atoms with Gasteiger partial charge in [0.1, 0.15) is 23.3 Å². The first-order valence-corrected chi connectivity index (χ1v) is 10.9. The third-order valence-electron chi connectivity index (χ3n) is 5.70. The van der Waals surface area contributed by atoms with E-state index in [0.717, 1.165) is 18.4 Å². The van der Waals surface area contributed by atoms with E-state index in [4.69, 9.17) is 0 Å². The number of benzene rings is 3. The van der Waals surface area contributed by atoms with Crippen molar-refractivity contribution in [2.24, 2.45) is 0 Å². The largest absolute Gasteiger partial charge is 0.207 e. The van der Waals surface area contributed by atoms with Gasteiger partial charge in [-0.1, -0.05) is 44.5 Å². The smallest absolute Gasteiger partial charge is 0.129 e. The molecule has 3 aromatic rings. The minimum Gasteiger partial charge on any atom is -0.207 e. The molecule has 0 aliphatic carbocycles. The summed E-state index contributed by atoms with van der Waals surface area (Å²) in [6, 6.07) is 13.3. The van der Waals surface area contributed by atoms with E-state index in [1.54, 1.807) is 0 Å². The van der Waals surface area contributed by atoms with E-state index >= 15 is 0 Å². The molecule has 0 N–H and O–H groups in total. The molecule has 3 rings (SSSR count). The number of halogens is 4. The first-order chi connectivity index (χ1) is 14.9. The minimum absolute atomic E-state index is 0.0414. The van der Waals surface area contributed by atoms with Gasteiger partial charge in [-0.3, -0.25) is 0 Å². The standard InChI is InChI=1S/C27H28F4/c1-3-5-20-14-24(28)23(25(29)15-20)13-11-21-16-26(30)22(27(31)17-21)12-10-19-8-6-18(4-2)7-9-19/h6-9,14-17H,3-5,10-13H2,1-2H3. The predicted molar refractivity (Wildman–Crippen MR) is 117 cm³/mol. The Morgan fingerprint density at radius 1 is 0.484 bits per heavy atom. The van der Waals surface area contributed by atoms with Gasteiger partial charge in [-0.25, -0.2) is 17.6 Å². The van der Waals surface area contributed by atoms with Crippen LogP contribution in [0.5, 0.6) is 0 Å². The van der Waals surface area contributed by atoms with E-state index < -0.39 is 23.3 Å². The van der Waals surface area contributed by atoms with Gasteiger partial charge in [-0.15, -0.1) is 0 Å². The van der Waals surface area contributed by atoms with Crippen LogP contribution in [0.15, 0.2) is 48.5 Å². The molecule has 0 fully saturated rings. The third kappa shape index (κ3) is 5.96. The predicted octanol–water partition coefficient (Wildman–Crippen LogP) is 7.33. The van der Waals surface area contributed by atoms with Gasteiger partial charge in [-0.05, 0) is 85.0 Å². The lowest BCUT2D eigenvalue weighted by atomic mass is 9.97. The Kier molecular flexibility index (Phi) is 7.89. The maximum Gasteiger partial charge on any atom is 0.129 e. The fourth-order valence-electron chi connectivity index (χ4n) is 3.85. The van der Waals surface area contributed by atoms with Crippen LogP contribution in [0.4, 0.5) is 17.6 Å². The Hall–Kier alpha value is -2.62. The second-order valence-corrected chi connectivity index (χ2v) is 8.00. The van der Waals surface area contributed by atoms with Crippen molar-refractivity contribution >= 4 is 0 Å². The molecule has 0 unspecified atom stereocenters. The average molecular weight is 429 g/mol. The molecular weight excluding hydrogens is 400 g/mol. The van der Waals surface area contributed by atoms with Crippen molar-refractivity contribution in [1.29, 1.82) is 0 Å². The van der Waals surface area contributed by atoms with E-state index in [1.807, 2.05) is 31.2 Å². The summed E-state index contributed by atoms with van der Waals surface area (Å²) in [6.07, 6.45) is 3.35. The van der Waals surface area contributed by atoms with Gasteiger partial charge in [0.05, 0.1) is 0 Å². The maximum atomic E-state index is 14.6. The average Bonchev–Trinajstić information content (AvgIpc) is 2.73. The Morgan fingerprint density at radius 3 is 1.29 bits per heavy atom. The highest BCUT2D eigenvalue weighted by Gasteiger charge is 2.14. The molecule has 0 atom stereocenters. The second kappa shape index (κ2) is 10.6. The number of rotatable bonds is 9. The van der Waals surface area contributed by atoms with Crippen LogP contribution in [0.25, 0.3) is 0 Å². The monoisotopic (exact) mass is 428 g/mol. The molecular formula is C27H28F4. The molecule has 3 aromatic carbocycles. The lowest BCUT2D eigenvalue weighted by molar-refractivity contribution is 0.544. The van der Waals surface area contributed by atoms with Crippen molar-refractivity contribution in [3.63, 3.8) is 0 Å². The highest BCUT2D eigenvalue weighted by atomic mass is 19.1. The van der Waals surface area contributed by atoms with Gasteiger partial charge < -0.3 is 0 Å². The molecule has 0 spiro atoms. The zero-order chi connectivity index (χ0) is 22.4. The first-order valence-electron chi connectivity index (χ1n) is 10.9. The van der Waals surface area contributed by atoms with Gasteiger partial charge in [-0.2, -0.15) is 0 Å². The molecule has 0 aliphatic rings. The van der Waals surface area contributed by atoms with E-state index in [0.29, 0.717) is 24.0 Å². The summed E-state index contributed by atoms with van der Waals surface area (Å²) < 4.78 is 57.7. The highest BCUT2D eigenvalue weighted by molar-refractivity contribution is 5.31. The Labute approximate surface area is 181 Å². The molecule has 0 aliphatic heterocycles. The Bertz CT molecular complexity index is 976. The highest BCUT2D eigenvalue weighted by Crippen LogP contribution is 2.22. The molecule has 0 saturated heterocycles. The summed E-state index contributed by atoms with van der Waals surface area (Å²) in [7, 11) is 0. The fourth-order valence-corrected chi connectivity index (χ4v) is 3.85. The molecule has 0 amide bonds. The lowest BCUT2D eigenvalue weighted by Crippen LogP contribution is -2.04. The van der Waals surface area contributed by atoms with Gasteiger partial charge in [0.2, 0.25) is 0 Å². The molecule has 0 heterocycles.